The molecule has 0 aliphatic carbocycles. The second-order valence-electron chi connectivity index (χ2n) is 11.4. The van der Waals surface area contributed by atoms with E-state index in [2.05, 4.69) is 69.6 Å². The molecule has 0 amide bonds. The molecule has 0 saturated carbocycles. The minimum Gasteiger partial charge on any atom is -0.415 e. The first-order chi connectivity index (χ1) is 16.2. The summed E-state index contributed by atoms with van der Waals surface area (Å²) in [5, 5.41) is 0.801. The monoisotopic (exact) mass is 511 g/mol. The van der Waals surface area contributed by atoms with Gasteiger partial charge < -0.3 is 19.2 Å². The van der Waals surface area contributed by atoms with E-state index in [1.807, 2.05) is 10.8 Å². The largest absolute Gasteiger partial charge is 0.415 e. The maximum Gasteiger partial charge on any atom is 0.235 e. The lowest BCUT2D eigenvalue weighted by Gasteiger charge is -2.37. The van der Waals surface area contributed by atoms with E-state index in [1.165, 1.54) is 12.5 Å². The molecular weight excluding hydrogens is 474 g/mol. The standard InChI is InChI=1S/C25H37N5O3Si2/c1-24(2,3)34-32-14-18(15-33-35(7,8)25(4,5)6)30-13-20(19-12-27-16-29-23(19)30)22(31)21-11-17(26)9-10-28-21/h9-13,16,18H,14-15H2,1-8H3,(H2,26,28). The third-order valence-electron chi connectivity index (χ3n) is 6.25. The first kappa shape index (κ1) is 27.2. The zero-order chi connectivity index (χ0) is 26.0. The highest BCUT2D eigenvalue weighted by atomic mass is 28.4. The summed E-state index contributed by atoms with van der Waals surface area (Å²) in [6.07, 6.45) is 6.53. The van der Waals surface area contributed by atoms with E-state index in [0.29, 0.717) is 45.3 Å². The molecule has 2 N–H and O–H groups in total. The van der Waals surface area contributed by atoms with Crippen molar-refractivity contribution in [3.05, 3.63) is 48.3 Å². The molecule has 0 aliphatic rings. The number of carbonyl (C=O) groups excluding carboxylic acids is 1. The van der Waals surface area contributed by atoms with Crippen LogP contribution in [0.2, 0.25) is 23.2 Å². The first-order valence-corrected chi connectivity index (χ1v) is 15.6. The van der Waals surface area contributed by atoms with Gasteiger partial charge in [-0.05, 0) is 35.3 Å². The zero-order valence-electron chi connectivity index (χ0n) is 22.0. The van der Waals surface area contributed by atoms with E-state index in [1.54, 1.807) is 18.3 Å². The molecule has 10 heteroatoms. The number of ketones is 1. The van der Waals surface area contributed by atoms with Gasteiger partial charge in [0.2, 0.25) is 15.5 Å². The summed E-state index contributed by atoms with van der Waals surface area (Å²) in [7, 11) is -1.67. The van der Waals surface area contributed by atoms with E-state index >= 15 is 0 Å². The number of nitrogen functional groups attached to an aromatic ring is 1. The van der Waals surface area contributed by atoms with Gasteiger partial charge in [0.05, 0.1) is 24.8 Å². The Balaban J connectivity index is 2.01. The Morgan fingerprint density at radius 1 is 1.17 bits per heavy atom. The summed E-state index contributed by atoms with van der Waals surface area (Å²) in [5.74, 6) is -0.225. The van der Waals surface area contributed by atoms with E-state index in [0.717, 1.165) is 0 Å². The molecule has 3 rings (SSSR count). The molecule has 0 fully saturated rings. The van der Waals surface area contributed by atoms with Crippen molar-refractivity contribution in [3.8, 4) is 0 Å². The molecule has 0 saturated heterocycles. The van der Waals surface area contributed by atoms with Crippen LogP contribution in [0.1, 0.15) is 63.6 Å². The van der Waals surface area contributed by atoms with Crippen molar-refractivity contribution in [2.24, 2.45) is 0 Å². The molecule has 35 heavy (non-hydrogen) atoms. The predicted octanol–water partition coefficient (Wildman–Crippen LogP) is 5.06. The van der Waals surface area contributed by atoms with Crippen LogP contribution in [0, 0.1) is 0 Å². The van der Waals surface area contributed by atoms with Crippen molar-refractivity contribution in [1.82, 2.24) is 19.5 Å². The molecule has 1 unspecified atom stereocenters. The average molecular weight is 512 g/mol. The summed E-state index contributed by atoms with van der Waals surface area (Å²) in [5.41, 5.74) is 7.81. The number of nitrogens with zero attached hydrogens (tertiary/aromatic N) is 4. The minimum absolute atomic E-state index is 0.0613. The number of pyridine rings is 1. The number of aromatic nitrogens is 4. The Morgan fingerprint density at radius 2 is 1.89 bits per heavy atom. The van der Waals surface area contributed by atoms with Gasteiger partial charge in [-0.25, -0.2) is 9.97 Å². The molecule has 2 radical (unpaired) electrons. The molecular formula is C25H37N5O3Si2. The van der Waals surface area contributed by atoms with Crippen LogP contribution in [0.5, 0.6) is 0 Å². The fourth-order valence-electron chi connectivity index (χ4n) is 3.24. The lowest BCUT2D eigenvalue weighted by atomic mass is 10.1. The lowest BCUT2D eigenvalue weighted by molar-refractivity contribution is 0.103. The van der Waals surface area contributed by atoms with Crippen molar-refractivity contribution < 1.29 is 13.6 Å². The molecule has 3 aromatic heterocycles. The van der Waals surface area contributed by atoms with Crippen LogP contribution in [0.4, 0.5) is 5.69 Å². The van der Waals surface area contributed by atoms with Gasteiger partial charge in [0.15, 0.2) is 8.32 Å². The predicted molar refractivity (Wildman–Crippen MR) is 143 cm³/mol. The maximum absolute atomic E-state index is 13.4. The van der Waals surface area contributed by atoms with E-state index in [9.17, 15) is 4.79 Å². The third kappa shape index (κ3) is 6.63. The molecule has 188 valence electrons. The van der Waals surface area contributed by atoms with Crippen LogP contribution >= 0.6 is 0 Å². The summed E-state index contributed by atoms with van der Waals surface area (Å²) in [6.45, 7) is 18.5. The number of carbonyl (C=O) groups is 1. The summed E-state index contributed by atoms with van der Waals surface area (Å²) < 4.78 is 14.8. The highest BCUT2D eigenvalue weighted by molar-refractivity contribution is 6.74. The van der Waals surface area contributed by atoms with Crippen molar-refractivity contribution >= 4 is 40.6 Å². The van der Waals surface area contributed by atoms with Gasteiger partial charge in [-0.1, -0.05) is 41.5 Å². The van der Waals surface area contributed by atoms with E-state index < -0.39 is 8.32 Å². The molecule has 3 heterocycles. The first-order valence-electron chi connectivity index (χ1n) is 11.8. The Hall–Kier alpha value is -2.41. The van der Waals surface area contributed by atoms with Gasteiger partial charge >= 0.3 is 0 Å². The Bertz CT molecular complexity index is 1180. The molecule has 8 nitrogen and oxygen atoms in total. The number of fused-ring (bicyclic) bond motifs is 1. The molecule has 0 aromatic carbocycles. The highest BCUT2D eigenvalue weighted by Crippen LogP contribution is 2.37. The number of hydrogen-bond acceptors (Lipinski definition) is 7. The van der Waals surface area contributed by atoms with Crippen LogP contribution in [-0.2, 0) is 8.85 Å². The fraction of sp³-hybridized carbons (Fsp3) is 0.520. The van der Waals surface area contributed by atoms with Crippen molar-refractivity contribution in [2.45, 2.75) is 70.8 Å². The number of rotatable bonds is 9. The van der Waals surface area contributed by atoms with Crippen LogP contribution in [0.3, 0.4) is 0 Å². The summed E-state index contributed by atoms with van der Waals surface area (Å²) in [4.78, 5) is 26.3. The Labute approximate surface area is 211 Å². The maximum atomic E-state index is 13.4. The zero-order valence-corrected chi connectivity index (χ0v) is 24.0. The number of hydrogen-bond donors (Lipinski definition) is 1. The van der Waals surface area contributed by atoms with Gasteiger partial charge in [-0.15, -0.1) is 0 Å². The van der Waals surface area contributed by atoms with Gasteiger partial charge in [-0.2, -0.15) is 0 Å². The van der Waals surface area contributed by atoms with Gasteiger partial charge in [-0.3, -0.25) is 9.78 Å². The van der Waals surface area contributed by atoms with Crippen LogP contribution in [0.15, 0.2) is 37.1 Å². The lowest BCUT2D eigenvalue weighted by Crippen LogP contribution is -2.42. The third-order valence-corrected chi connectivity index (χ3v) is 11.7. The summed E-state index contributed by atoms with van der Waals surface area (Å²) in [6, 6.07) is 3.08. The van der Waals surface area contributed by atoms with E-state index in [4.69, 9.17) is 14.6 Å². The topological polar surface area (TPSA) is 105 Å². The normalized spacial score (nSPS) is 13.8. The van der Waals surface area contributed by atoms with Crippen LogP contribution in [-0.4, -0.2) is 56.6 Å². The van der Waals surface area contributed by atoms with E-state index in [-0.39, 0.29) is 27.6 Å². The van der Waals surface area contributed by atoms with Crippen molar-refractivity contribution in [1.29, 1.82) is 0 Å². The molecule has 0 spiro atoms. The highest BCUT2D eigenvalue weighted by Gasteiger charge is 2.38. The molecule has 1 atom stereocenters. The Morgan fingerprint density at radius 3 is 2.51 bits per heavy atom. The molecule has 0 aliphatic heterocycles. The van der Waals surface area contributed by atoms with Gasteiger partial charge in [0, 0.05) is 29.7 Å². The van der Waals surface area contributed by atoms with Gasteiger partial charge in [0.25, 0.3) is 0 Å². The number of nitrogens with two attached hydrogens (primary N) is 1. The average Bonchev–Trinajstić information content (AvgIpc) is 3.13. The fourth-order valence-corrected chi connectivity index (χ4v) is 4.99. The minimum atomic E-state index is -2.01. The van der Waals surface area contributed by atoms with Crippen LogP contribution in [0.25, 0.3) is 11.0 Å². The van der Waals surface area contributed by atoms with Gasteiger partial charge in [0.1, 0.15) is 17.7 Å². The SMILES string of the molecule is CC(C)(C)[Si]OCC(CO[Si](C)(C)C(C)(C)C)n1cc(C(=O)c2cc(N)ccn2)c2cncnc21. The smallest absolute Gasteiger partial charge is 0.235 e. The van der Waals surface area contributed by atoms with Crippen molar-refractivity contribution in [3.63, 3.8) is 0 Å². The van der Waals surface area contributed by atoms with Crippen LogP contribution < -0.4 is 5.73 Å². The number of anilines is 1. The molecule has 0 bridgehead atoms. The molecule has 3 aromatic rings. The quantitative estimate of drug-likeness (QED) is 0.316. The Kier molecular flexibility index (Phi) is 8.00. The van der Waals surface area contributed by atoms with Crippen molar-refractivity contribution in [2.75, 3.05) is 18.9 Å². The second-order valence-corrected chi connectivity index (χ2v) is 18.2. The second kappa shape index (κ2) is 10.3. The summed E-state index contributed by atoms with van der Waals surface area (Å²) >= 11 is 0.